The van der Waals surface area contributed by atoms with Gasteiger partial charge in [0.25, 0.3) is 0 Å². The second-order valence-corrected chi connectivity index (χ2v) is 6.57. The zero-order chi connectivity index (χ0) is 17.8. The lowest BCUT2D eigenvalue weighted by Crippen LogP contribution is -2.22. The zero-order valence-electron chi connectivity index (χ0n) is 14.4. The third kappa shape index (κ3) is 4.37. The topological polar surface area (TPSA) is 58.1 Å². The van der Waals surface area contributed by atoms with E-state index in [1.165, 1.54) is 18.9 Å². The van der Waals surface area contributed by atoms with Crippen molar-refractivity contribution in [2.75, 3.05) is 23.3 Å². The zero-order valence-corrected chi connectivity index (χ0v) is 15.2. The molecule has 1 fully saturated rings. The Labute approximate surface area is 152 Å². The number of rotatable bonds is 4. The Morgan fingerprint density at radius 1 is 1.12 bits per heavy atom. The van der Waals surface area contributed by atoms with E-state index in [-0.39, 0.29) is 5.91 Å². The lowest BCUT2D eigenvalue weighted by molar-refractivity contribution is -0.111. The van der Waals surface area contributed by atoms with Gasteiger partial charge < -0.3 is 10.2 Å². The summed E-state index contributed by atoms with van der Waals surface area (Å²) in [5.74, 6) is 0.542. The first-order valence-corrected chi connectivity index (χ1v) is 8.75. The number of carbonyl (C=O) groups excluding carboxylic acids is 1. The number of aryl methyl sites for hydroxylation is 2. The maximum absolute atomic E-state index is 12.2. The van der Waals surface area contributed by atoms with Crippen LogP contribution in [0.25, 0.3) is 6.08 Å². The van der Waals surface area contributed by atoms with Crippen LogP contribution in [-0.2, 0) is 4.79 Å². The van der Waals surface area contributed by atoms with Gasteiger partial charge in [-0.3, -0.25) is 4.79 Å². The average molecular weight is 357 g/mol. The summed E-state index contributed by atoms with van der Waals surface area (Å²) in [6.45, 7) is 5.78. The van der Waals surface area contributed by atoms with Gasteiger partial charge in [-0.25, -0.2) is 9.97 Å². The smallest absolute Gasteiger partial charge is 0.248 e. The van der Waals surface area contributed by atoms with Crippen LogP contribution in [0.15, 0.2) is 30.3 Å². The molecule has 2 aromatic rings. The summed E-state index contributed by atoms with van der Waals surface area (Å²) in [6, 6.07) is 7.30. The Morgan fingerprint density at radius 3 is 2.32 bits per heavy atom. The highest BCUT2D eigenvalue weighted by Gasteiger charge is 2.18. The molecule has 2 heterocycles. The molecule has 1 aromatic heterocycles. The Hall–Kier alpha value is -2.40. The molecule has 25 heavy (non-hydrogen) atoms. The first-order valence-electron chi connectivity index (χ1n) is 8.38. The fourth-order valence-electron chi connectivity index (χ4n) is 2.85. The van der Waals surface area contributed by atoms with Crippen LogP contribution in [0.2, 0.25) is 5.02 Å². The summed E-state index contributed by atoms with van der Waals surface area (Å²) in [5.41, 5.74) is 3.15. The molecule has 0 aliphatic carbocycles. The normalized spacial score (nSPS) is 14.3. The number of nitrogens with one attached hydrogen (secondary N) is 1. The van der Waals surface area contributed by atoms with Gasteiger partial charge in [0.05, 0.1) is 17.1 Å². The minimum Gasteiger partial charge on any atom is -0.341 e. The highest BCUT2D eigenvalue weighted by Crippen LogP contribution is 2.23. The molecule has 0 unspecified atom stereocenters. The van der Waals surface area contributed by atoms with Crippen LogP contribution in [0.5, 0.6) is 0 Å². The van der Waals surface area contributed by atoms with E-state index in [4.69, 9.17) is 11.6 Å². The van der Waals surface area contributed by atoms with E-state index in [2.05, 4.69) is 20.2 Å². The van der Waals surface area contributed by atoms with Gasteiger partial charge in [0, 0.05) is 24.2 Å². The molecular formula is C19H21ClN4O. The number of hydrogen-bond donors (Lipinski definition) is 1. The van der Waals surface area contributed by atoms with Gasteiger partial charge in [-0.05, 0) is 50.5 Å². The molecule has 0 atom stereocenters. The van der Waals surface area contributed by atoms with Crippen LogP contribution in [-0.4, -0.2) is 29.0 Å². The number of amides is 1. The van der Waals surface area contributed by atoms with Gasteiger partial charge >= 0.3 is 0 Å². The predicted octanol–water partition coefficient (Wildman–Crippen LogP) is 4.00. The van der Waals surface area contributed by atoms with Crippen molar-refractivity contribution in [3.8, 4) is 0 Å². The van der Waals surface area contributed by atoms with Gasteiger partial charge in [-0.2, -0.15) is 0 Å². The monoisotopic (exact) mass is 356 g/mol. The average Bonchev–Trinajstić information content (AvgIpc) is 3.12. The number of anilines is 2. The highest BCUT2D eigenvalue weighted by atomic mass is 35.5. The van der Waals surface area contributed by atoms with Crippen LogP contribution in [0, 0.1) is 13.8 Å². The van der Waals surface area contributed by atoms with Gasteiger partial charge in [0.1, 0.15) is 0 Å². The molecule has 0 radical (unpaired) electrons. The van der Waals surface area contributed by atoms with Crippen molar-refractivity contribution < 1.29 is 4.79 Å². The molecule has 5 nitrogen and oxygen atoms in total. The largest absolute Gasteiger partial charge is 0.341 e. The molecule has 1 aliphatic heterocycles. The van der Waals surface area contributed by atoms with Gasteiger partial charge in [0.2, 0.25) is 11.9 Å². The van der Waals surface area contributed by atoms with Crippen LogP contribution in [0.1, 0.15) is 29.8 Å². The Bertz CT molecular complexity index is 773. The van der Waals surface area contributed by atoms with E-state index in [1.807, 2.05) is 26.0 Å². The van der Waals surface area contributed by atoms with Crippen molar-refractivity contribution in [1.82, 2.24) is 9.97 Å². The Kier molecular flexibility index (Phi) is 5.34. The van der Waals surface area contributed by atoms with E-state index < -0.39 is 0 Å². The summed E-state index contributed by atoms with van der Waals surface area (Å²) in [5, 5.41) is 3.55. The first-order chi connectivity index (χ1) is 12.0. The number of benzene rings is 1. The van der Waals surface area contributed by atoms with E-state index in [0.717, 1.165) is 36.0 Å². The van der Waals surface area contributed by atoms with Crippen LogP contribution < -0.4 is 10.2 Å². The van der Waals surface area contributed by atoms with Crippen LogP contribution in [0.3, 0.4) is 0 Å². The summed E-state index contributed by atoms with van der Waals surface area (Å²) >= 11 is 5.86. The molecule has 1 saturated heterocycles. The molecule has 0 spiro atoms. The molecular weight excluding hydrogens is 336 g/mol. The van der Waals surface area contributed by atoms with E-state index in [9.17, 15) is 4.79 Å². The summed E-state index contributed by atoms with van der Waals surface area (Å²) in [6.07, 6.45) is 5.59. The van der Waals surface area contributed by atoms with E-state index in [0.29, 0.717) is 10.7 Å². The van der Waals surface area contributed by atoms with Crippen molar-refractivity contribution >= 4 is 35.2 Å². The van der Waals surface area contributed by atoms with Crippen molar-refractivity contribution in [2.45, 2.75) is 26.7 Å². The second kappa shape index (κ2) is 7.66. The lowest BCUT2D eigenvalue weighted by Gasteiger charge is -2.18. The number of aromatic nitrogens is 2. The minimum absolute atomic E-state index is 0.210. The third-order valence-corrected chi connectivity index (χ3v) is 4.45. The Morgan fingerprint density at radius 2 is 1.72 bits per heavy atom. The molecule has 0 bridgehead atoms. The molecule has 130 valence electrons. The lowest BCUT2D eigenvalue weighted by atomic mass is 10.2. The first kappa shape index (κ1) is 17.4. The highest BCUT2D eigenvalue weighted by molar-refractivity contribution is 6.30. The third-order valence-electron chi connectivity index (χ3n) is 4.19. The minimum atomic E-state index is -0.210. The molecule has 0 saturated carbocycles. The fraction of sp³-hybridized carbons (Fsp3) is 0.316. The van der Waals surface area contributed by atoms with Crippen LogP contribution in [0.4, 0.5) is 11.6 Å². The number of halogens is 1. The Balaban J connectivity index is 1.71. The molecule has 1 aliphatic rings. The van der Waals surface area contributed by atoms with Crippen molar-refractivity contribution in [2.24, 2.45) is 0 Å². The van der Waals surface area contributed by atoms with Crippen LogP contribution >= 0.6 is 11.6 Å². The maximum atomic E-state index is 12.2. The molecule has 1 aromatic carbocycles. The predicted molar refractivity (Wildman–Crippen MR) is 102 cm³/mol. The summed E-state index contributed by atoms with van der Waals surface area (Å²) < 4.78 is 0. The summed E-state index contributed by atoms with van der Waals surface area (Å²) in [7, 11) is 0. The quantitative estimate of drug-likeness (QED) is 0.841. The number of hydrogen-bond acceptors (Lipinski definition) is 4. The molecule has 1 N–H and O–H groups in total. The van der Waals surface area contributed by atoms with E-state index >= 15 is 0 Å². The van der Waals surface area contributed by atoms with E-state index in [1.54, 1.807) is 18.2 Å². The fourth-order valence-corrected chi connectivity index (χ4v) is 2.97. The van der Waals surface area contributed by atoms with Gasteiger partial charge in [0.15, 0.2) is 0 Å². The maximum Gasteiger partial charge on any atom is 0.248 e. The number of carbonyl (C=O) groups is 1. The standard InChI is InChI=1S/C19H21ClN4O/c1-13-18(14(2)22-19(21-13)24-11-3-4-12-24)23-17(25)10-7-15-5-8-16(20)9-6-15/h5-10H,3-4,11-12H2,1-2H3,(H,23,25)/b10-7+. The van der Waals surface area contributed by atoms with Crippen molar-refractivity contribution in [3.05, 3.63) is 52.3 Å². The van der Waals surface area contributed by atoms with Gasteiger partial charge in [-0.1, -0.05) is 23.7 Å². The molecule has 1 amide bonds. The summed E-state index contributed by atoms with van der Waals surface area (Å²) in [4.78, 5) is 23.5. The molecule has 3 rings (SSSR count). The SMILES string of the molecule is Cc1nc(N2CCCC2)nc(C)c1NC(=O)/C=C/c1ccc(Cl)cc1. The van der Waals surface area contributed by atoms with Crippen molar-refractivity contribution in [1.29, 1.82) is 0 Å². The number of nitrogens with zero attached hydrogens (tertiary/aromatic N) is 3. The second-order valence-electron chi connectivity index (χ2n) is 6.14. The molecule has 6 heteroatoms. The van der Waals surface area contributed by atoms with Crippen molar-refractivity contribution in [3.63, 3.8) is 0 Å². The van der Waals surface area contributed by atoms with Gasteiger partial charge in [-0.15, -0.1) is 0 Å².